The molecule has 1 heterocycles. The molecule has 1 saturated heterocycles. The molecular formula is C19H20N2O3S. The van der Waals surface area contributed by atoms with Gasteiger partial charge in [-0.2, -0.15) is 0 Å². The van der Waals surface area contributed by atoms with Crippen molar-refractivity contribution in [1.82, 2.24) is 5.32 Å². The zero-order chi connectivity index (χ0) is 17.8. The van der Waals surface area contributed by atoms with E-state index in [-0.39, 0.29) is 17.2 Å². The highest BCUT2D eigenvalue weighted by atomic mass is 32.2. The fourth-order valence-electron chi connectivity index (χ4n) is 2.49. The van der Waals surface area contributed by atoms with Crippen LogP contribution < -0.4 is 15.4 Å². The van der Waals surface area contributed by atoms with Gasteiger partial charge in [0, 0.05) is 5.69 Å². The molecule has 25 heavy (non-hydrogen) atoms. The second kappa shape index (κ2) is 7.53. The number of aromatic hydroxyl groups is 1. The predicted molar refractivity (Wildman–Crippen MR) is 102 cm³/mol. The monoisotopic (exact) mass is 356 g/mol. The third-order valence-electron chi connectivity index (χ3n) is 3.89. The van der Waals surface area contributed by atoms with Crippen molar-refractivity contribution < 1.29 is 14.6 Å². The maximum absolute atomic E-state index is 12.2. The van der Waals surface area contributed by atoms with E-state index in [4.69, 9.17) is 4.74 Å². The summed E-state index contributed by atoms with van der Waals surface area (Å²) in [6.07, 6.45) is 2.78. The normalized spacial score (nSPS) is 18.2. The number of carbonyl (C=O) groups excluding carboxylic acids is 1. The number of rotatable bonds is 5. The predicted octanol–water partition coefficient (Wildman–Crippen LogP) is 3.56. The summed E-state index contributed by atoms with van der Waals surface area (Å²) < 4.78 is 5.10. The second-order valence-corrected chi connectivity index (χ2v) is 6.75. The van der Waals surface area contributed by atoms with Gasteiger partial charge in [-0.1, -0.05) is 36.9 Å². The van der Waals surface area contributed by atoms with E-state index in [0.717, 1.165) is 17.7 Å². The topological polar surface area (TPSA) is 70.6 Å². The van der Waals surface area contributed by atoms with Crippen LogP contribution in [-0.2, 0) is 11.2 Å². The number of hydrogen-bond donors (Lipinski definition) is 3. The van der Waals surface area contributed by atoms with Crippen LogP contribution in [0, 0.1) is 0 Å². The Bertz CT molecular complexity index is 803. The van der Waals surface area contributed by atoms with Crippen LogP contribution in [-0.4, -0.2) is 23.6 Å². The standard InChI is InChI=1S/C19H20N2O3S/c1-3-12-4-7-14(8-5-12)20-19-21-18(23)17(25-19)11-13-6-9-15(22)16(10-13)24-2/h4-11,19-20,22H,3H2,1-2H3,(H,21,23)/b17-11-/t19-/m0/s1. The number of carbonyl (C=O) groups is 1. The highest BCUT2D eigenvalue weighted by Gasteiger charge is 2.27. The molecule has 1 amide bonds. The number of phenolic OH excluding ortho intramolecular Hbond substituents is 1. The third kappa shape index (κ3) is 4.09. The zero-order valence-electron chi connectivity index (χ0n) is 14.1. The van der Waals surface area contributed by atoms with Crippen molar-refractivity contribution in [1.29, 1.82) is 0 Å². The average molecular weight is 356 g/mol. The van der Waals surface area contributed by atoms with Gasteiger partial charge < -0.3 is 20.5 Å². The summed E-state index contributed by atoms with van der Waals surface area (Å²) in [4.78, 5) is 12.8. The molecule has 6 heteroatoms. The van der Waals surface area contributed by atoms with Gasteiger partial charge >= 0.3 is 0 Å². The molecule has 130 valence electrons. The summed E-state index contributed by atoms with van der Waals surface area (Å²) in [6.45, 7) is 2.12. The number of methoxy groups -OCH3 is 1. The molecule has 0 bridgehead atoms. The molecule has 5 nitrogen and oxygen atoms in total. The molecule has 0 spiro atoms. The van der Waals surface area contributed by atoms with Gasteiger partial charge in [0.05, 0.1) is 12.0 Å². The highest BCUT2D eigenvalue weighted by Crippen LogP contribution is 2.32. The first-order valence-corrected chi connectivity index (χ1v) is 8.88. The van der Waals surface area contributed by atoms with E-state index in [1.165, 1.54) is 24.4 Å². The van der Waals surface area contributed by atoms with E-state index in [1.807, 2.05) is 12.1 Å². The van der Waals surface area contributed by atoms with Crippen molar-refractivity contribution in [2.45, 2.75) is 18.8 Å². The quantitative estimate of drug-likeness (QED) is 0.715. The zero-order valence-corrected chi connectivity index (χ0v) is 14.9. The van der Waals surface area contributed by atoms with Gasteiger partial charge in [0.1, 0.15) is 0 Å². The Hall–Kier alpha value is -2.60. The van der Waals surface area contributed by atoms with Gasteiger partial charge in [0.2, 0.25) is 0 Å². The SMILES string of the molecule is CCc1ccc(N[C@H]2NC(=O)/C(=C/c3ccc(O)c(OC)c3)S2)cc1. The molecule has 0 aliphatic carbocycles. The molecule has 1 aliphatic rings. The van der Waals surface area contributed by atoms with Crippen molar-refractivity contribution >= 4 is 29.4 Å². The smallest absolute Gasteiger partial charge is 0.260 e. The molecule has 0 unspecified atom stereocenters. The van der Waals surface area contributed by atoms with Gasteiger partial charge in [-0.25, -0.2) is 0 Å². The number of nitrogens with one attached hydrogen (secondary N) is 2. The second-order valence-electron chi connectivity index (χ2n) is 5.61. The van der Waals surface area contributed by atoms with Gasteiger partial charge in [0.15, 0.2) is 17.0 Å². The molecule has 1 atom stereocenters. The van der Waals surface area contributed by atoms with Crippen LogP contribution in [0.15, 0.2) is 47.4 Å². The summed E-state index contributed by atoms with van der Waals surface area (Å²) in [5.41, 5.74) is 2.81. The number of anilines is 1. The third-order valence-corrected chi connectivity index (χ3v) is 4.92. The highest BCUT2D eigenvalue weighted by molar-refractivity contribution is 8.05. The Morgan fingerprint density at radius 1 is 1.28 bits per heavy atom. The number of benzene rings is 2. The van der Waals surface area contributed by atoms with E-state index < -0.39 is 0 Å². The summed E-state index contributed by atoms with van der Waals surface area (Å²) in [7, 11) is 1.49. The van der Waals surface area contributed by atoms with Gasteiger partial charge in [-0.05, 0) is 47.9 Å². The lowest BCUT2D eigenvalue weighted by Crippen LogP contribution is -2.30. The largest absolute Gasteiger partial charge is 0.504 e. The molecular weight excluding hydrogens is 336 g/mol. The number of phenols is 1. The van der Waals surface area contributed by atoms with E-state index >= 15 is 0 Å². The molecule has 0 saturated carbocycles. The van der Waals surface area contributed by atoms with Crippen molar-refractivity contribution in [3.63, 3.8) is 0 Å². The van der Waals surface area contributed by atoms with Crippen LogP contribution in [0.2, 0.25) is 0 Å². The van der Waals surface area contributed by atoms with Crippen molar-refractivity contribution in [2.24, 2.45) is 0 Å². The Labute approximate surface area is 151 Å². The van der Waals surface area contributed by atoms with Crippen molar-refractivity contribution in [3.05, 3.63) is 58.5 Å². The Morgan fingerprint density at radius 3 is 2.72 bits per heavy atom. The number of amides is 1. The van der Waals surface area contributed by atoms with Gasteiger partial charge in [-0.15, -0.1) is 0 Å². The first kappa shape index (κ1) is 17.2. The lowest BCUT2D eigenvalue weighted by Gasteiger charge is -2.12. The molecule has 0 radical (unpaired) electrons. The van der Waals surface area contributed by atoms with Crippen LogP contribution in [0.4, 0.5) is 5.69 Å². The Balaban J connectivity index is 1.71. The maximum atomic E-state index is 12.2. The number of thioether (sulfide) groups is 1. The minimum absolute atomic E-state index is 0.0724. The molecule has 3 rings (SSSR count). The molecule has 1 aliphatic heterocycles. The first-order chi connectivity index (χ1) is 12.1. The first-order valence-electron chi connectivity index (χ1n) is 8.00. The summed E-state index contributed by atoms with van der Waals surface area (Å²) >= 11 is 1.42. The minimum atomic E-state index is -0.217. The van der Waals surface area contributed by atoms with Crippen LogP contribution in [0.5, 0.6) is 11.5 Å². The molecule has 2 aromatic rings. The lowest BCUT2D eigenvalue weighted by molar-refractivity contribution is -0.116. The number of aryl methyl sites for hydroxylation is 1. The lowest BCUT2D eigenvalue weighted by atomic mass is 10.1. The summed E-state index contributed by atoms with van der Waals surface area (Å²) in [5, 5.41) is 15.9. The average Bonchev–Trinajstić information content (AvgIpc) is 2.96. The van der Waals surface area contributed by atoms with Crippen LogP contribution in [0.3, 0.4) is 0 Å². The number of ether oxygens (including phenoxy) is 1. The number of hydrogen-bond acceptors (Lipinski definition) is 5. The fraction of sp³-hybridized carbons (Fsp3) is 0.211. The van der Waals surface area contributed by atoms with Crippen molar-refractivity contribution in [3.8, 4) is 11.5 Å². The van der Waals surface area contributed by atoms with Gasteiger partial charge in [-0.3, -0.25) is 4.79 Å². The summed E-state index contributed by atoms with van der Waals surface area (Å²) in [6, 6.07) is 13.2. The molecule has 3 N–H and O–H groups in total. The van der Waals surface area contributed by atoms with Crippen molar-refractivity contribution in [2.75, 3.05) is 12.4 Å². The Kier molecular flexibility index (Phi) is 5.19. The molecule has 1 fully saturated rings. The summed E-state index contributed by atoms with van der Waals surface area (Å²) in [5.74, 6) is 0.325. The molecule has 0 aromatic heterocycles. The van der Waals surface area contributed by atoms with Gasteiger partial charge in [0.25, 0.3) is 5.91 Å². The van der Waals surface area contributed by atoms with Crippen LogP contribution in [0.1, 0.15) is 18.1 Å². The van der Waals surface area contributed by atoms with E-state index in [9.17, 15) is 9.90 Å². The maximum Gasteiger partial charge on any atom is 0.260 e. The fourth-order valence-corrected chi connectivity index (χ4v) is 3.47. The van der Waals surface area contributed by atoms with E-state index in [1.54, 1.807) is 24.3 Å². The molecule has 2 aromatic carbocycles. The van der Waals surface area contributed by atoms with Crippen LogP contribution in [0.25, 0.3) is 6.08 Å². The Morgan fingerprint density at radius 2 is 2.04 bits per heavy atom. The van der Waals surface area contributed by atoms with Crippen LogP contribution >= 0.6 is 11.8 Å². The van der Waals surface area contributed by atoms with E-state index in [2.05, 4.69) is 29.7 Å². The van der Waals surface area contributed by atoms with E-state index in [0.29, 0.717) is 10.7 Å². The minimum Gasteiger partial charge on any atom is -0.504 e.